The average molecular weight is 377 g/mol. The van der Waals surface area contributed by atoms with E-state index in [0.717, 1.165) is 21.3 Å². The lowest BCUT2D eigenvalue weighted by Gasteiger charge is -2.09. The van der Waals surface area contributed by atoms with E-state index in [9.17, 15) is 0 Å². The standard InChI is InChI=1S/C18H20N2O3S2/c19-13-16(14-20)15-1-2-17-12-18(11-15)25-10-8-23-6-4-21-3-5-22-7-9-24-17/h1-2,11-12H,3-10H2. The summed E-state index contributed by atoms with van der Waals surface area (Å²) in [4.78, 5) is 2.09. The molecule has 5 nitrogen and oxygen atoms in total. The zero-order valence-electron chi connectivity index (χ0n) is 13.9. The molecule has 1 aliphatic heterocycles. The Labute approximate surface area is 157 Å². The molecule has 2 rings (SSSR count). The van der Waals surface area contributed by atoms with Gasteiger partial charge in [0, 0.05) is 26.9 Å². The van der Waals surface area contributed by atoms with Crippen LogP contribution < -0.4 is 0 Å². The SMILES string of the molecule is N#CC(C#N)=C1C=CC2=CC(=C1)SCCOCCOCCOCCS2. The highest BCUT2D eigenvalue weighted by Gasteiger charge is 2.09. The highest BCUT2D eigenvalue weighted by atomic mass is 32.2. The third kappa shape index (κ3) is 7.52. The molecule has 0 saturated carbocycles. The maximum Gasteiger partial charge on any atom is 0.136 e. The fraction of sp³-hybridized carbons (Fsp3) is 0.444. The smallest absolute Gasteiger partial charge is 0.136 e. The predicted octanol–water partition coefficient (Wildman–Crippen LogP) is 3.20. The van der Waals surface area contributed by atoms with E-state index in [-0.39, 0.29) is 5.57 Å². The summed E-state index contributed by atoms with van der Waals surface area (Å²) in [6.45, 7) is 3.56. The monoisotopic (exact) mass is 376 g/mol. The molecule has 0 atom stereocenters. The van der Waals surface area contributed by atoms with Gasteiger partial charge in [0.25, 0.3) is 0 Å². The number of allylic oxidation sites excluding steroid dienone is 6. The van der Waals surface area contributed by atoms with Crippen molar-refractivity contribution in [3.63, 3.8) is 0 Å². The van der Waals surface area contributed by atoms with Crippen LogP contribution in [0.15, 0.2) is 45.3 Å². The number of rotatable bonds is 0. The maximum atomic E-state index is 9.13. The molecule has 0 aromatic heterocycles. The Morgan fingerprint density at radius 1 is 0.760 bits per heavy atom. The van der Waals surface area contributed by atoms with Crippen LogP contribution >= 0.6 is 23.5 Å². The van der Waals surface area contributed by atoms with E-state index >= 15 is 0 Å². The third-order valence-electron chi connectivity index (χ3n) is 3.26. The fourth-order valence-electron chi connectivity index (χ4n) is 2.06. The van der Waals surface area contributed by atoms with Crippen molar-refractivity contribution in [2.75, 3.05) is 51.1 Å². The number of hydrogen-bond acceptors (Lipinski definition) is 7. The Morgan fingerprint density at radius 3 is 1.92 bits per heavy atom. The van der Waals surface area contributed by atoms with Crippen molar-refractivity contribution in [2.45, 2.75) is 0 Å². The second-order valence-electron chi connectivity index (χ2n) is 5.01. The van der Waals surface area contributed by atoms with E-state index in [1.165, 1.54) is 0 Å². The van der Waals surface area contributed by atoms with Crippen molar-refractivity contribution < 1.29 is 14.2 Å². The van der Waals surface area contributed by atoms with Crippen molar-refractivity contribution in [2.24, 2.45) is 0 Å². The first kappa shape index (κ1) is 19.8. The van der Waals surface area contributed by atoms with E-state index in [4.69, 9.17) is 24.7 Å². The molecule has 1 aliphatic carbocycles. The Morgan fingerprint density at radius 2 is 1.32 bits per heavy atom. The first-order valence-electron chi connectivity index (χ1n) is 7.98. The van der Waals surface area contributed by atoms with Crippen LogP contribution in [-0.4, -0.2) is 51.1 Å². The number of nitriles is 2. The van der Waals surface area contributed by atoms with Gasteiger partial charge in [0.1, 0.15) is 17.7 Å². The summed E-state index contributed by atoms with van der Waals surface area (Å²) in [5.41, 5.74) is 0.763. The maximum absolute atomic E-state index is 9.13. The first-order valence-corrected chi connectivity index (χ1v) is 9.95. The zero-order valence-corrected chi connectivity index (χ0v) is 15.5. The Bertz CT molecular complexity index is 638. The van der Waals surface area contributed by atoms with Crippen LogP contribution in [0.1, 0.15) is 0 Å². The van der Waals surface area contributed by atoms with Crippen LogP contribution in [0.5, 0.6) is 0 Å². The minimum Gasteiger partial charge on any atom is -0.378 e. The lowest BCUT2D eigenvalue weighted by atomic mass is 10.1. The fourth-order valence-corrected chi connectivity index (χ4v) is 3.81. The van der Waals surface area contributed by atoms with Gasteiger partial charge in [-0.1, -0.05) is 6.08 Å². The highest BCUT2D eigenvalue weighted by molar-refractivity contribution is 8.04. The van der Waals surface area contributed by atoms with Crippen molar-refractivity contribution in [1.82, 2.24) is 0 Å². The summed E-state index contributed by atoms with van der Waals surface area (Å²) >= 11 is 3.34. The van der Waals surface area contributed by atoms with Crippen molar-refractivity contribution >= 4 is 23.5 Å². The quantitative estimate of drug-likeness (QED) is 0.601. The first-order chi connectivity index (χ1) is 12.3. The molecule has 0 aromatic carbocycles. The minimum absolute atomic E-state index is 0.122. The van der Waals surface area contributed by atoms with Crippen molar-refractivity contribution in [1.29, 1.82) is 10.5 Å². The molecule has 0 aromatic rings. The van der Waals surface area contributed by atoms with E-state index < -0.39 is 0 Å². The third-order valence-corrected chi connectivity index (χ3v) is 5.16. The molecule has 25 heavy (non-hydrogen) atoms. The topological polar surface area (TPSA) is 75.3 Å². The van der Waals surface area contributed by atoms with E-state index in [0.29, 0.717) is 45.2 Å². The second kappa shape index (κ2) is 12.0. The van der Waals surface area contributed by atoms with Crippen LogP contribution in [0.3, 0.4) is 0 Å². The molecule has 2 bridgehead atoms. The Hall–Kier alpha value is -1.48. The van der Waals surface area contributed by atoms with Gasteiger partial charge in [0.2, 0.25) is 0 Å². The van der Waals surface area contributed by atoms with Gasteiger partial charge in [0.15, 0.2) is 0 Å². The van der Waals surface area contributed by atoms with Crippen LogP contribution in [0.25, 0.3) is 0 Å². The summed E-state index contributed by atoms with van der Waals surface area (Å²) in [7, 11) is 0. The summed E-state index contributed by atoms with van der Waals surface area (Å²) in [6.07, 6.45) is 7.74. The second-order valence-corrected chi connectivity index (χ2v) is 7.35. The molecule has 0 N–H and O–H groups in total. The number of ether oxygens (including phenoxy) is 3. The van der Waals surface area contributed by atoms with Crippen LogP contribution in [0.4, 0.5) is 0 Å². The molecule has 0 saturated heterocycles. The minimum atomic E-state index is 0.122. The lowest BCUT2D eigenvalue weighted by Crippen LogP contribution is -2.11. The van der Waals surface area contributed by atoms with Gasteiger partial charge in [0.05, 0.1) is 39.6 Å². The summed E-state index contributed by atoms with van der Waals surface area (Å²) in [5, 5.41) is 18.3. The zero-order chi connectivity index (χ0) is 17.7. The van der Waals surface area contributed by atoms with Crippen LogP contribution in [-0.2, 0) is 14.2 Å². The van der Waals surface area contributed by atoms with Gasteiger partial charge in [-0.2, -0.15) is 10.5 Å². The van der Waals surface area contributed by atoms with E-state index in [1.54, 1.807) is 23.5 Å². The van der Waals surface area contributed by atoms with Gasteiger partial charge in [-0.15, -0.1) is 23.5 Å². The van der Waals surface area contributed by atoms with Crippen LogP contribution in [0, 0.1) is 22.7 Å². The average Bonchev–Trinajstić information content (AvgIpc) is 2.82. The van der Waals surface area contributed by atoms with Crippen LogP contribution in [0.2, 0.25) is 0 Å². The van der Waals surface area contributed by atoms with Gasteiger partial charge in [-0.25, -0.2) is 0 Å². The number of hydrogen-bond donors (Lipinski definition) is 0. The molecule has 132 valence electrons. The van der Waals surface area contributed by atoms with Crippen molar-refractivity contribution in [3.05, 3.63) is 45.3 Å². The normalized spacial score (nSPS) is 20.5. The molecular formula is C18H20N2O3S2. The van der Waals surface area contributed by atoms with Crippen molar-refractivity contribution in [3.8, 4) is 12.1 Å². The molecule has 2 aliphatic rings. The summed E-state index contributed by atoms with van der Waals surface area (Å²) < 4.78 is 16.5. The molecule has 0 amide bonds. The van der Waals surface area contributed by atoms with Gasteiger partial charge >= 0.3 is 0 Å². The predicted molar refractivity (Wildman–Crippen MR) is 101 cm³/mol. The molecule has 0 spiro atoms. The molecular weight excluding hydrogens is 356 g/mol. The van der Waals surface area contributed by atoms with E-state index in [1.807, 2.05) is 30.4 Å². The molecule has 1 heterocycles. The highest BCUT2D eigenvalue weighted by Crippen LogP contribution is 2.30. The largest absolute Gasteiger partial charge is 0.378 e. The number of nitrogens with zero attached hydrogens (tertiary/aromatic N) is 2. The number of thioether (sulfide) groups is 2. The molecule has 0 unspecified atom stereocenters. The Kier molecular flexibility index (Phi) is 9.50. The molecule has 7 heteroatoms. The lowest BCUT2D eigenvalue weighted by molar-refractivity contribution is 0.0205. The van der Waals surface area contributed by atoms with Gasteiger partial charge < -0.3 is 14.2 Å². The molecule has 0 fully saturated rings. The van der Waals surface area contributed by atoms with Gasteiger partial charge in [-0.05, 0) is 18.2 Å². The summed E-state index contributed by atoms with van der Waals surface area (Å²) in [6, 6.07) is 3.92. The Balaban J connectivity index is 2.13. The summed E-state index contributed by atoms with van der Waals surface area (Å²) in [5.74, 6) is 1.63. The molecule has 0 radical (unpaired) electrons. The number of fused-ring (bicyclic) bond motifs is 1. The van der Waals surface area contributed by atoms with Gasteiger partial charge in [-0.3, -0.25) is 0 Å². The van der Waals surface area contributed by atoms with E-state index in [2.05, 4.69) is 6.08 Å².